The number of carbonyl (C=O) groups is 1. The summed E-state index contributed by atoms with van der Waals surface area (Å²) in [6, 6.07) is 15.3. The Morgan fingerprint density at radius 2 is 1.76 bits per heavy atom. The summed E-state index contributed by atoms with van der Waals surface area (Å²) in [5, 5.41) is 15.3. The monoisotopic (exact) mass is 578 g/mol. The number of hydrogen-bond donors (Lipinski definition) is 2. The molecule has 0 bridgehead atoms. The molecule has 0 atom stereocenters. The summed E-state index contributed by atoms with van der Waals surface area (Å²) < 4.78 is 39.3. The average Bonchev–Trinajstić information content (AvgIpc) is 2.96. The lowest BCUT2D eigenvalue weighted by molar-refractivity contribution is -0.384. The van der Waals surface area contributed by atoms with Crippen LogP contribution in [-0.2, 0) is 12.7 Å². The third-order valence-electron chi connectivity index (χ3n) is 7.65. The molecule has 3 aromatic carbocycles. The maximum atomic E-state index is 13.3. The van der Waals surface area contributed by atoms with Crippen molar-refractivity contribution in [2.24, 2.45) is 0 Å². The zero-order valence-corrected chi connectivity index (χ0v) is 23.0. The van der Waals surface area contributed by atoms with E-state index in [1.807, 2.05) is 38.1 Å². The van der Waals surface area contributed by atoms with Gasteiger partial charge in [0.1, 0.15) is 5.69 Å². The highest BCUT2D eigenvalue weighted by Gasteiger charge is 2.34. The summed E-state index contributed by atoms with van der Waals surface area (Å²) in [4.78, 5) is 32.5. The number of nitrogens with one attached hydrogen (secondary N) is 1. The number of rotatable bonds is 6. The van der Waals surface area contributed by atoms with Crippen LogP contribution in [0.2, 0.25) is 0 Å². The number of nitro benzene ring substituents is 1. The van der Waals surface area contributed by atoms with Gasteiger partial charge in [-0.25, -0.2) is 0 Å². The van der Waals surface area contributed by atoms with E-state index in [0.717, 1.165) is 39.9 Å². The Morgan fingerprint density at radius 3 is 2.45 bits per heavy atom. The van der Waals surface area contributed by atoms with Crippen molar-refractivity contribution in [2.45, 2.75) is 26.6 Å². The van der Waals surface area contributed by atoms with E-state index >= 15 is 0 Å². The van der Waals surface area contributed by atoms with Crippen molar-refractivity contribution in [1.29, 1.82) is 0 Å². The number of hydrogen-bond acceptors (Lipinski definition) is 7. The molecule has 2 heterocycles. The Bertz CT molecular complexity index is 1680. The smallest absolute Gasteiger partial charge is 0.398 e. The van der Waals surface area contributed by atoms with Gasteiger partial charge in [-0.15, -0.1) is 0 Å². The highest BCUT2D eigenvalue weighted by atomic mass is 19.4. The van der Waals surface area contributed by atoms with Gasteiger partial charge >= 0.3 is 6.18 Å². The molecule has 42 heavy (non-hydrogen) atoms. The number of pyridine rings is 1. The van der Waals surface area contributed by atoms with Crippen LogP contribution < -0.4 is 16.0 Å². The molecule has 0 aliphatic carbocycles. The molecular weight excluding hydrogens is 549 g/mol. The SMILES string of the molecule is Cc1nc2ccc(NC(=O)c3ccccc3CN3CCN(c4ccc(C(F)(F)F)cc4[N+](=O)[O-])CC3)cc2c(N)c1C. The number of halogens is 3. The van der Waals surface area contributed by atoms with Gasteiger partial charge in [-0.05, 0) is 61.4 Å². The quantitative estimate of drug-likeness (QED) is 0.215. The van der Waals surface area contributed by atoms with Gasteiger partial charge in [0.2, 0.25) is 0 Å². The van der Waals surface area contributed by atoms with E-state index in [0.29, 0.717) is 55.7 Å². The molecule has 1 aliphatic rings. The van der Waals surface area contributed by atoms with Crippen molar-refractivity contribution in [1.82, 2.24) is 9.88 Å². The van der Waals surface area contributed by atoms with Crippen LogP contribution >= 0.6 is 0 Å². The Morgan fingerprint density at radius 1 is 1.05 bits per heavy atom. The molecule has 1 saturated heterocycles. The minimum absolute atomic E-state index is 0.156. The van der Waals surface area contributed by atoms with Gasteiger partial charge in [-0.1, -0.05) is 18.2 Å². The normalized spacial score (nSPS) is 14.3. The summed E-state index contributed by atoms with van der Waals surface area (Å²) in [7, 11) is 0. The zero-order chi connectivity index (χ0) is 30.2. The summed E-state index contributed by atoms with van der Waals surface area (Å²) >= 11 is 0. The topological polar surface area (TPSA) is 118 Å². The molecule has 12 heteroatoms. The minimum atomic E-state index is -4.67. The van der Waals surface area contributed by atoms with E-state index in [4.69, 9.17) is 5.73 Å². The van der Waals surface area contributed by atoms with E-state index in [1.54, 1.807) is 23.1 Å². The van der Waals surface area contributed by atoms with E-state index in [2.05, 4.69) is 15.2 Å². The number of alkyl halides is 3. The molecule has 1 fully saturated rings. The number of carbonyl (C=O) groups excluding carboxylic acids is 1. The van der Waals surface area contributed by atoms with Gasteiger partial charge in [0.05, 0.1) is 16.0 Å². The molecule has 5 rings (SSSR count). The Labute approximate surface area is 239 Å². The van der Waals surface area contributed by atoms with Gasteiger partial charge in [-0.3, -0.25) is 24.8 Å². The number of nitrogen functional groups attached to an aromatic ring is 1. The van der Waals surface area contributed by atoms with Crippen molar-refractivity contribution in [3.05, 3.63) is 98.7 Å². The van der Waals surface area contributed by atoms with Crippen molar-refractivity contribution in [3.8, 4) is 0 Å². The fraction of sp³-hybridized carbons (Fsp3) is 0.267. The van der Waals surface area contributed by atoms with Crippen LogP contribution in [0, 0.1) is 24.0 Å². The maximum absolute atomic E-state index is 13.3. The van der Waals surface area contributed by atoms with E-state index in [1.165, 1.54) is 0 Å². The Balaban J connectivity index is 1.28. The number of aryl methyl sites for hydroxylation is 1. The van der Waals surface area contributed by atoms with Crippen LogP contribution in [-0.4, -0.2) is 46.9 Å². The fourth-order valence-corrected chi connectivity index (χ4v) is 5.17. The van der Waals surface area contributed by atoms with Crippen LogP contribution in [0.15, 0.2) is 60.7 Å². The predicted octanol–water partition coefficient (Wildman–Crippen LogP) is 5.94. The second kappa shape index (κ2) is 11.3. The molecule has 9 nitrogen and oxygen atoms in total. The number of nitrogens with zero attached hydrogens (tertiary/aromatic N) is 4. The molecule has 4 aromatic rings. The van der Waals surface area contributed by atoms with Gasteiger partial charge in [0, 0.05) is 66.8 Å². The molecule has 0 spiro atoms. The first-order valence-corrected chi connectivity index (χ1v) is 13.3. The lowest BCUT2D eigenvalue weighted by atomic mass is 10.0. The number of anilines is 3. The van der Waals surface area contributed by atoms with E-state index < -0.39 is 22.4 Å². The van der Waals surface area contributed by atoms with Crippen LogP contribution in [0.5, 0.6) is 0 Å². The van der Waals surface area contributed by atoms with Gasteiger partial charge in [0.25, 0.3) is 11.6 Å². The molecule has 3 N–H and O–H groups in total. The average molecular weight is 579 g/mol. The largest absolute Gasteiger partial charge is 0.416 e. The lowest BCUT2D eigenvalue weighted by Crippen LogP contribution is -2.46. The minimum Gasteiger partial charge on any atom is -0.398 e. The predicted molar refractivity (Wildman–Crippen MR) is 156 cm³/mol. The second-order valence-corrected chi connectivity index (χ2v) is 10.3. The number of amides is 1. The first kappa shape index (κ1) is 28.8. The van der Waals surface area contributed by atoms with Crippen LogP contribution in [0.25, 0.3) is 10.9 Å². The summed E-state index contributed by atoms with van der Waals surface area (Å²) in [5.74, 6) is -0.278. The standard InChI is InChI=1S/C30H29F3N6O3/c1-18-19(2)35-25-9-8-22(16-24(25)28(18)34)36-29(40)23-6-4-3-5-20(23)17-37-11-13-38(14-12-37)26-10-7-21(30(31,32)33)15-27(26)39(41)42/h3-10,15-16H,11-14,17H2,1-2H3,(H2,34,35)(H,36,40). The number of nitro groups is 1. The Hall–Kier alpha value is -4.71. The van der Waals surface area contributed by atoms with Gasteiger partial charge in [0.15, 0.2) is 0 Å². The summed E-state index contributed by atoms with van der Waals surface area (Å²) in [6.07, 6.45) is -4.67. The van der Waals surface area contributed by atoms with Crippen molar-refractivity contribution >= 4 is 39.6 Å². The molecule has 0 radical (unpaired) electrons. The maximum Gasteiger partial charge on any atom is 0.416 e. The number of aromatic nitrogens is 1. The molecule has 1 amide bonds. The van der Waals surface area contributed by atoms with E-state index in [-0.39, 0.29) is 11.6 Å². The van der Waals surface area contributed by atoms with Crippen LogP contribution in [0.4, 0.5) is 35.9 Å². The summed E-state index contributed by atoms with van der Waals surface area (Å²) in [6.45, 7) is 6.03. The third-order valence-corrected chi connectivity index (χ3v) is 7.65. The molecule has 218 valence electrons. The zero-order valence-electron chi connectivity index (χ0n) is 23.0. The molecule has 1 aromatic heterocycles. The van der Waals surface area contributed by atoms with Crippen LogP contribution in [0.3, 0.4) is 0 Å². The second-order valence-electron chi connectivity index (χ2n) is 10.3. The number of fused-ring (bicyclic) bond motifs is 1. The first-order valence-electron chi connectivity index (χ1n) is 13.3. The van der Waals surface area contributed by atoms with E-state index in [9.17, 15) is 28.1 Å². The van der Waals surface area contributed by atoms with Crippen molar-refractivity contribution < 1.29 is 22.9 Å². The molecule has 1 aliphatic heterocycles. The first-order chi connectivity index (χ1) is 19.9. The number of piperazine rings is 1. The molecule has 0 saturated carbocycles. The number of benzene rings is 3. The van der Waals surface area contributed by atoms with Gasteiger partial charge < -0.3 is 16.0 Å². The third kappa shape index (κ3) is 5.84. The lowest BCUT2D eigenvalue weighted by Gasteiger charge is -2.36. The Kier molecular flexibility index (Phi) is 7.74. The van der Waals surface area contributed by atoms with Crippen LogP contribution in [0.1, 0.15) is 32.7 Å². The van der Waals surface area contributed by atoms with Crippen molar-refractivity contribution in [3.63, 3.8) is 0 Å². The van der Waals surface area contributed by atoms with Crippen molar-refractivity contribution in [2.75, 3.05) is 42.1 Å². The van der Waals surface area contributed by atoms with Gasteiger partial charge in [-0.2, -0.15) is 13.2 Å². The fourth-order valence-electron chi connectivity index (χ4n) is 5.17. The molecular formula is C30H29F3N6O3. The summed E-state index contributed by atoms with van der Waals surface area (Å²) in [5.41, 5.74) is 9.85. The number of nitrogens with two attached hydrogens (primary N) is 1. The molecule has 0 unspecified atom stereocenters. The highest BCUT2D eigenvalue weighted by molar-refractivity contribution is 6.06. The highest BCUT2D eigenvalue weighted by Crippen LogP contribution is 2.37.